The Hall–Kier alpha value is -1.44. The van der Waals surface area contributed by atoms with E-state index in [1.165, 1.54) is 6.20 Å². The number of aromatic nitrogens is 1. The summed E-state index contributed by atoms with van der Waals surface area (Å²) in [6.45, 7) is 0. The predicted octanol–water partition coefficient (Wildman–Crippen LogP) is 3.14. The summed E-state index contributed by atoms with van der Waals surface area (Å²) in [4.78, 5) is 16.1. The molecule has 7 heteroatoms. The van der Waals surface area contributed by atoms with Crippen LogP contribution in [0.4, 0.5) is 11.4 Å². The molecule has 0 saturated carbocycles. The zero-order valence-corrected chi connectivity index (χ0v) is 12.8. The predicted molar refractivity (Wildman–Crippen MR) is 81.8 cm³/mol. The quantitative estimate of drug-likeness (QED) is 0.560. The Morgan fingerprint density at radius 3 is 2.53 bits per heavy atom. The fourth-order valence-electron chi connectivity index (χ4n) is 1.44. The van der Waals surface area contributed by atoms with E-state index in [1.807, 2.05) is 18.2 Å². The van der Waals surface area contributed by atoms with E-state index in [0.29, 0.717) is 11.4 Å². The molecule has 1 amide bonds. The molecule has 0 spiro atoms. The number of amides is 1. The molecule has 19 heavy (non-hydrogen) atoms. The summed E-state index contributed by atoms with van der Waals surface area (Å²) in [5.74, 6) is 4.98. The topological polar surface area (TPSA) is 80.0 Å². The minimum atomic E-state index is -0.315. The van der Waals surface area contributed by atoms with Crippen LogP contribution < -0.4 is 16.6 Å². The molecular weight excluding hydrogens is 376 g/mol. The maximum atomic E-state index is 12.1. The standard InChI is InChI=1S/C12H10Br2N4O/c13-8-2-1-3-9(14)11(8)17-12(19)10-6-7(18-15)4-5-16-10/h1-6H,15H2,(H,16,18)(H,17,19). The van der Waals surface area contributed by atoms with E-state index >= 15 is 0 Å². The van der Waals surface area contributed by atoms with Crippen LogP contribution in [0, 0.1) is 0 Å². The van der Waals surface area contributed by atoms with Gasteiger partial charge in [0.1, 0.15) is 5.69 Å². The van der Waals surface area contributed by atoms with E-state index in [0.717, 1.165) is 8.95 Å². The third kappa shape index (κ3) is 3.31. The average molecular weight is 386 g/mol. The molecule has 0 fully saturated rings. The number of rotatable bonds is 3. The number of hydrazine groups is 1. The zero-order chi connectivity index (χ0) is 13.8. The van der Waals surface area contributed by atoms with Crippen molar-refractivity contribution < 1.29 is 4.79 Å². The molecule has 1 aromatic heterocycles. The van der Waals surface area contributed by atoms with Crippen LogP contribution in [0.3, 0.4) is 0 Å². The third-order valence-electron chi connectivity index (χ3n) is 2.36. The number of benzene rings is 1. The largest absolute Gasteiger partial charge is 0.324 e. The van der Waals surface area contributed by atoms with E-state index in [1.54, 1.807) is 12.1 Å². The van der Waals surface area contributed by atoms with Crippen molar-refractivity contribution in [2.45, 2.75) is 0 Å². The first-order chi connectivity index (χ1) is 9.11. The molecule has 0 aliphatic carbocycles. The fraction of sp³-hybridized carbons (Fsp3) is 0. The summed E-state index contributed by atoms with van der Waals surface area (Å²) in [7, 11) is 0. The Morgan fingerprint density at radius 2 is 1.89 bits per heavy atom. The van der Waals surface area contributed by atoms with Crippen LogP contribution in [0.25, 0.3) is 0 Å². The summed E-state index contributed by atoms with van der Waals surface area (Å²) in [6, 6.07) is 8.78. The Labute approximate surface area is 126 Å². The number of nitrogen functional groups attached to an aromatic ring is 1. The highest BCUT2D eigenvalue weighted by Crippen LogP contribution is 2.30. The third-order valence-corrected chi connectivity index (χ3v) is 3.68. The van der Waals surface area contributed by atoms with Gasteiger partial charge in [-0.05, 0) is 56.1 Å². The normalized spacial score (nSPS) is 10.1. The molecule has 1 aromatic carbocycles. The SMILES string of the molecule is NNc1ccnc(C(=O)Nc2c(Br)cccc2Br)c1. The van der Waals surface area contributed by atoms with E-state index < -0.39 is 0 Å². The molecule has 5 nitrogen and oxygen atoms in total. The van der Waals surface area contributed by atoms with Crippen LogP contribution in [-0.2, 0) is 0 Å². The molecule has 0 aliphatic rings. The monoisotopic (exact) mass is 384 g/mol. The van der Waals surface area contributed by atoms with Gasteiger partial charge in [-0.3, -0.25) is 15.6 Å². The molecule has 0 aliphatic heterocycles. The Morgan fingerprint density at radius 1 is 1.21 bits per heavy atom. The molecule has 2 rings (SSSR count). The van der Waals surface area contributed by atoms with E-state index in [9.17, 15) is 4.79 Å². The smallest absolute Gasteiger partial charge is 0.274 e. The molecule has 2 aromatic rings. The minimum absolute atomic E-state index is 0.276. The number of carbonyl (C=O) groups excluding carboxylic acids is 1. The number of anilines is 2. The van der Waals surface area contributed by atoms with Crippen molar-refractivity contribution in [1.82, 2.24) is 4.98 Å². The lowest BCUT2D eigenvalue weighted by Crippen LogP contribution is -2.15. The Balaban J connectivity index is 2.25. The lowest BCUT2D eigenvalue weighted by Gasteiger charge is -2.09. The maximum Gasteiger partial charge on any atom is 0.274 e. The van der Waals surface area contributed by atoms with Crippen LogP contribution >= 0.6 is 31.9 Å². The fourth-order valence-corrected chi connectivity index (χ4v) is 2.64. The van der Waals surface area contributed by atoms with Crippen LogP contribution in [-0.4, -0.2) is 10.9 Å². The van der Waals surface area contributed by atoms with Crippen molar-refractivity contribution in [1.29, 1.82) is 0 Å². The number of nitrogens with one attached hydrogen (secondary N) is 2. The van der Waals surface area contributed by atoms with E-state index in [4.69, 9.17) is 5.84 Å². The number of hydrogen-bond acceptors (Lipinski definition) is 4. The lowest BCUT2D eigenvalue weighted by atomic mass is 10.2. The van der Waals surface area contributed by atoms with Gasteiger partial charge in [-0.15, -0.1) is 0 Å². The van der Waals surface area contributed by atoms with Gasteiger partial charge in [-0.1, -0.05) is 6.07 Å². The summed E-state index contributed by atoms with van der Waals surface area (Å²) < 4.78 is 1.56. The minimum Gasteiger partial charge on any atom is -0.324 e. The average Bonchev–Trinajstić information content (AvgIpc) is 2.43. The molecule has 0 bridgehead atoms. The molecule has 4 N–H and O–H groups in total. The van der Waals surface area contributed by atoms with Gasteiger partial charge in [-0.2, -0.15) is 0 Å². The van der Waals surface area contributed by atoms with Gasteiger partial charge in [0.15, 0.2) is 0 Å². The number of para-hydroxylation sites is 1. The van der Waals surface area contributed by atoms with Gasteiger partial charge in [0.25, 0.3) is 5.91 Å². The maximum absolute atomic E-state index is 12.1. The molecule has 98 valence electrons. The Bertz CT molecular complexity index is 598. The van der Waals surface area contributed by atoms with Crippen molar-refractivity contribution in [3.63, 3.8) is 0 Å². The first-order valence-electron chi connectivity index (χ1n) is 5.30. The Kier molecular flexibility index (Phi) is 4.52. The second-order valence-electron chi connectivity index (χ2n) is 3.62. The molecule has 1 heterocycles. The number of nitrogens with two attached hydrogens (primary N) is 1. The molecule has 0 radical (unpaired) electrons. The van der Waals surface area contributed by atoms with Crippen molar-refractivity contribution >= 4 is 49.1 Å². The molecule has 0 atom stereocenters. The number of nitrogens with zero attached hydrogens (tertiary/aromatic N) is 1. The van der Waals surface area contributed by atoms with Gasteiger partial charge in [0.05, 0.1) is 11.4 Å². The highest BCUT2D eigenvalue weighted by atomic mass is 79.9. The van der Waals surface area contributed by atoms with Crippen molar-refractivity contribution in [2.75, 3.05) is 10.7 Å². The zero-order valence-electron chi connectivity index (χ0n) is 9.65. The van der Waals surface area contributed by atoms with Gasteiger partial charge in [0.2, 0.25) is 0 Å². The number of hydrogen-bond donors (Lipinski definition) is 3. The number of halogens is 2. The summed E-state index contributed by atoms with van der Waals surface area (Å²) in [6.07, 6.45) is 1.51. The second-order valence-corrected chi connectivity index (χ2v) is 5.33. The molecule has 0 unspecified atom stereocenters. The first kappa shape index (κ1) is 14.0. The highest BCUT2D eigenvalue weighted by Gasteiger charge is 2.12. The van der Waals surface area contributed by atoms with E-state index in [2.05, 4.69) is 47.6 Å². The van der Waals surface area contributed by atoms with Crippen molar-refractivity contribution in [3.05, 3.63) is 51.2 Å². The van der Waals surface area contributed by atoms with Gasteiger partial charge in [0, 0.05) is 15.1 Å². The van der Waals surface area contributed by atoms with Crippen LogP contribution in [0.5, 0.6) is 0 Å². The van der Waals surface area contributed by atoms with Gasteiger partial charge in [-0.25, -0.2) is 0 Å². The summed E-state index contributed by atoms with van der Waals surface area (Å²) in [5.41, 5.74) is 4.02. The second kappa shape index (κ2) is 6.14. The van der Waals surface area contributed by atoms with Crippen LogP contribution in [0.15, 0.2) is 45.5 Å². The van der Waals surface area contributed by atoms with Gasteiger partial charge < -0.3 is 10.7 Å². The summed E-state index contributed by atoms with van der Waals surface area (Å²) in [5, 5.41) is 2.78. The number of carbonyl (C=O) groups is 1. The molecule has 0 saturated heterocycles. The highest BCUT2D eigenvalue weighted by molar-refractivity contribution is 9.11. The molecular formula is C12H10Br2N4O. The van der Waals surface area contributed by atoms with E-state index in [-0.39, 0.29) is 11.6 Å². The summed E-state index contributed by atoms with van der Waals surface area (Å²) >= 11 is 6.76. The lowest BCUT2D eigenvalue weighted by molar-refractivity contribution is 0.102. The van der Waals surface area contributed by atoms with Crippen LogP contribution in [0.1, 0.15) is 10.5 Å². The van der Waals surface area contributed by atoms with Crippen LogP contribution in [0.2, 0.25) is 0 Å². The van der Waals surface area contributed by atoms with Gasteiger partial charge >= 0.3 is 0 Å². The number of pyridine rings is 1. The van der Waals surface area contributed by atoms with Crippen molar-refractivity contribution in [2.24, 2.45) is 5.84 Å². The first-order valence-corrected chi connectivity index (χ1v) is 6.88. The van der Waals surface area contributed by atoms with Crippen molar-refractivity contribution in [3.8, 4) is 0 Å².